The fourth-order valence-electron chi connectivity index (χ4n) is 0.799. The molecule has 0 bridgehead atoms. The molecule has 0 fully saturated rings. The first-order valence-electron chi connectivity index (χ1n) is 3.61. The maximum atomic E-state index is 11.0. The minimum absolute atomic E-state index is 0.332. The lowest BCUT2D eigenvalue weighted by atomic mass is 10.3. The topological polar surface area (TPSA) is 46.2 Å². The van der Waals surface area contributed by atoms with Crippen molar-refractivity contribution in [2.24, 2.45) is 0 Å². The molecule has 0 saturated carbocycles. The first kappa shape index (κ1) is 11.0. The Hall–Kier alpha value is -0.100. The van der Waals surface area contributed by atoms with Gasteiger partial charge in [0.15, 0.2) is 0 Å². The molecule has 0 atom stereocenters. The fraction of sp³-hybridized carbons (Fsp3) is 0.429. The second-order valence-corrected chi connectivity index (χ2v) is 5.96. The second-order valence-electron chi connectivity index (χ2n) is 2.57. The van der Waals surface area contributed by atoms with Gasteiger partial charge in [0.25, 0.3) is 0 Å². The molecule has 0 saturated heterocycles. The summed E-state index contributed by atoms with van der Waals surface area (Å²) < 4.78 is 24.3. The Bertz CT molecular complexity index is 372. The van der Waals surface area contributed by atoms with Crippen LogP contribution in [0.3, 0.4) is 0 Å². The maximum Gasteiger partial charge on any atom is 0.225 e. The summed E-state index contributed by atoms with van der Waals surface area (Å²) in [6, 6.07) is 1.95. The molecule has 6 heteroatoms. The fourth-order valence-corrected chi connectivity index (χ4v) is 2.41. The standard InChI is InChI=1S/C7H10ClNO2S2/c1-6-2-3-12-7(6)4-9-13(10,11)5-8/h2-3,9H,4-5H2,1H3. The van der Waals surface area contributed by atoms with Gasteiger partial charge in [-0.2, -0.15) is 0 Å². The van der Waals surface area contributed by atoms with Gasteiger partial charge >= 0.3 is 0 Å². The molecular formula is C7H10ClNO2S2. The molecule has 0 aliphatic carbocycles. The van der Waals surface area contributed by atoms with Gasteiger partial charge in [0.1, 0.15) is 5.21 Å². The number of halogens is 1. The normalized spacial score (nSPS) is 11.8. The average Bonchev–Trinajstić information content (AvgIpc) is 2.48. The van der Waals surface area contributed by atoms with E-state index in [9.17, 15) is 8.42 Å². The van der Waals surface area contributed by atoms with Crippen molar-refractivity contribution in [3.05, 3.63) is 21.9 Å². The minimum atomic E-state index is -3.29. The number of rotatable bonds is 4. The average molecular weight is 240 g/mol. The Balaban J connectivity index is 2.58. The first-order chi connectivity index (χ1) is 6.05. The summed E-state index contributed by atoms with van der Waals surface area (Å²) >= 11 is 6.76. The molecule has 1 aromatic heterocycles. The molecule has 1 rings (SSSR count). The van der Waals surface area contributed by atoms with Gasteiger partial charge in [-0.15, -0.1) is 22.9 Å². The van der Waals surface area contributed by atoms with Gasteiger partial charge < -0.3 is 0 Å². The largest absolute Gasteiger partial charge is 0.225 e. The van der Waals surface area contributed by atoms with Crippen LogP contribution in [0.4, 0.5) is 0 Å². The highest BCUT2D eigenvalue weighted by Crippen LogP contribution is 2.15. The molecule has 0 radical (unpaired) electrons. The molecule has 1 heterocycles. The molecule has 0 amide bonds. The molecule has 1 aromatic rings. The molecule has 0 unspecified atom stereocenters. The van der Waals surface area contributed by atoms with E-state index in [1.165, 1.54) is 11.3 Å². The summed E-state index contributed by atoms with van der Waals surface area (Å²) in [5.74, 6) is 0. The Morgan fingerprint density at radius 2 is 2.31 bits per heavy atom. The van der Waals surface area contributed by atoms with E-state index in [4.69, 9.17) is 11.6 Å². The van der Waals surface area contributed by atoms with Gasteiger partial charge in [-0.05, 0) is 23.9 Å². The van der Waals surface area contributed by atoms with Crippen LogP contribution < -0.4 is 4.72 Å². The summed E-state index contributed by atoms with van der Waals surface area (Å²) in [5.41, 5.74) is 1.10. The highest BCUT2D eigenvalue weighted by Gasteiger charge is 2.08. The molecular weight excluding hydrogens is 230 g/mol. The van der Waals surface area contributed by atoms with Crippen molar-refractivity contribution in [1.29, 1.82) is 0 Å². The van der Waals surface area contributed by atoms with Crippen LogP contribution in [0.15, 0.2) is 11.4 Å². The van der Waals surface area contributed by atoms with Gasteiger partial charge in [0.2, 0.25) is 10.0 Å². The van der Waals surface area contributed by atoms with E-state index in [0.717, 1.165) is 10.4 Å². The quantitative estimate of drug-likeness (QED) is 0.813. The third-order valence-corrected chi connectivity index (χ3v) is 4.32. The Morgan fingerprint density at radius 1 is 1.62 bits per heavy atom. The van der Waals surface area contributed by atoms with Crippen molar-refractivity contribution in [3.63, 3.8) is 0 Å². The van der Waals surface area contributed by atoms with Crippen molar-refractivity contribution < 1.29 is 8.42 Å². The third kappa shape index (κ3) is 3.27. The van der Waals surface area contributed by atoms with E-state index in [1.54, 1.807) is 0 Å². The van der Waals surface area contributed by atoms with Crippen molar-refractivity contribution in [3.8, 4) is 0 Å². The highest BCUT2D eigenvalue weighted by atomic mass is 35.5. The second kappa shape index (κ2) is 4.41. The predicted octanol–water partition coefficient (Wildman–Crippen LogP) is 1.67. The van der Waals surface area contributed by atoms with Gasteiger partial charge in [0.05, 0.1) is 0 Å². The summed E-state index contributed by atoms with van der Waals surface area (Å²) in [6.07, 6.45) is 0. The zero-order valence-corrected chi connectivity index (χ0v) is 9.47. The lowest BCUT2D eigenvalue weighted by molar-refractivity contribution is 0.586. The zero-order chi connectivity index (χ0) is 9.90. The Morgan fingerprint density at radius 3 is 2.77 bits per heavy atom. The van der Waals surface area contributed by atoms with Crippen LogP contribution in [0, 0.1) is 6.92 Å². The number of hydrogen-bond donors (Lipinski definition) is 1. The number of nitrogens with one attached hydrogen (secondary N) is 1. The number of hydrogen-bond acceptors (Lipinski definition) is 3. The summed E-state index contributed by atoms with van der Waals surface area (Å²) in [6.45, 7) is 2.28. The molecule has 0 aromatic carbocycles. The van der Waals surface area contributed by atoms with Gasteiger partial charge in [-0.3, -0.25) is 0 Å². The van der Waals surface area contributed by atoms with Gasteiger partial charge in [0, 0.05) is 11.4 Å². The van der Waals surface area contributed by atoms with Gasteiger partial charge in [-0.1, -0.05) is 0 Å². The van der Waals surface area contributed by atoms with Crippen LogP contribution in [0.25, 0.3) is 0 Å². The van der Waals surface area contributed by atoms with E-state index in [-0.39, 0.29) is 0 Å². The number of aryl methyl sites for hydroxylation is 1. The van der Waals surface area contributed by atoms with E-state index in [1.807, 2.05) is 18.4 Å². The Labute approximate surface area is 86.8 Å². The molecule has 0 aliphatic heterocycles. The lowest BCUT2D eigenvalue weighted by Gasteiger charge is -2.02. The molecule has 74 valence electrons. The van der Waals surface area contributed by atoms with E-state index >= 15 is 0 Å². The van der Waals surface area contributed by atoms with Crippen molar-refractivity contribution in [2.75, 3.05) is 5.21 Å². The van der Waals surface area contributed by atoms with E-state index < -0.39 is 15.2 Å². The van der Waals surface area contributed by atoms with Crippen LogP contribution in [0.1, 0.15) is 10.4 Å². The third-order valence-electron chi connectivity index (χ3n) is 1.56. The molecule has 0 aliphatic rings. The summed E-state index contributed by atoms with van der Waals surface area (Å²) in [4.78, 5) is 1.02. The van der Waals surface area contributed by atoms with E-state index in [0.29, 0.717) is 6.54 Å². The molecule has 1 N–H and O–H groups in total. The highest BCUT2D eigenvalue weighted by molar-refractivity contribution is 7.90. The van der Waals surface area contributed by atoms with Gasteiger partial charge in [-0.25, -0.2) is 13.1 Å². The number of thiophene rings is 1. The van der Waals surface area contributed by atoms with Crippen LogP contribution >= 0.6 is 22.9 Å². The Kier molecular flexibility index (Phi) is 3.73. The monoisotopic (exact) mass is 239 g/mol. The van der Waals surface area contributed by atoms with Crippen LogP contribution in [-0.4, -0.2) is 13.6 Å². The van der Waals surface area contributed by atoms with E-state index in [2.05, 4.69) is 4.72 Å². The van der Waals surface area contributed by atoms with Crippen LogP contribution in [0.2, 0.25) is 0 Å². The molecule has 13 heavy (non-hydrogen) atoms. The molecule has 3 nitrogen and oxygen atoms in total. The molecule has 0 spiro atoms. The smallest absolute Gasteiger partial charge is 0.211 e. The summed E-state index contributed by atoms with van der Waals surface area (Å²) in [7, 11) is -3.29. The SMILES string of the molecule is Cc1ccsc1CNS(=O)(=O)CCl. The lowest BCUT2D eigenvalue weighted by Crippen LogP contribution is -2.23. The maximum absolute atomic E-state index is 11.0. The number of alkyl halides is 1. The zero-order valence-electron chi connectivity index (χ0n) is 7.08. The minimum Gasteiger partial charge on any atom is -0.211 e. The first-order valence-corrected chi connectivity index (χ1v) is 6.68. The van der Waals surface area contributed by atoms with Crippen molar-refractivity contribution >= 4 is 33.0 Å². The predicted molar refractivity (Wildman–Crippen MR) is 55.5 cm³/mol. The van der Waals surface area contributed by atoms with Crippen LogP contribution in [0.5, 0.6) is 0 Å². The number of sulfonamides is 1. The summed E-state index contributed by atoms with van der Waals surface area (Å²) in [5, 5.41) is 1.54. The van der Waals surface area contributed by atoms with Crippen molar-refractivity contribution in [2.45, 2.75) is 13.5 Å². The van der Waals surface area contributed by atoms with Crippen molar-refractivity contribution in [1.82, 2.24) is 4.72 Å². The van der Waals surface area contributed by atoms with Crippen LogP contribution in [-0.2, 0) is 16.6 Å².